The van der Waals surface area contributed by atoms with Crippen LogP contribution in [0.3, 0.4) is 0 Å². The van der Waals surface area contributed by atoms with Crippen molar-refractivity contribution in [2.45, 2.75) is 19.9 Å². The van der Waals surface area contributed by atoms with Crippen molar-refractivity contribution in [1.29, 1.82) is 0 Å². The van der Waals surface area contributed by atoms with Crippen molar-refractivity contribution in [1.82, 2.24) is 29.6 Å². The quantitative estimate of drug-likeness (QED) is 0.411. The predicted molar refractivity (Wildman–Crippen MR) is 139 cm³/mol. The third-order valence-corrected chi connectivity index (χ3v) is 6.42. The number of primary amides is 1. The molecule has 5 rings (SSSR count). The van der Waals surface area contributed by atoms with Gasteiger partial charge in [-0.05, 0) is 42.8 Å². The van der Waals surface area contributed by atoms with E-state index >= 15 is 0 Å². The molecule has 9 nitrogen and oxygen atoms in total. The van der Waals surface area contributed by atoms with Gasteiger partial charge in [-0.1, -0.05) is 12.1 Å². The number of hydrogen-bond acceptors (Lipinski definition) is 7. The molecule has 4 heterocycles. The number of piperazine rings is 1. The maximum atomic E-state index is 11.2. The molecule has 0 unspecified atom stereocenters. The Labute approximate surface area is 210 Å². The first-order valence-corrected chi connectivity index (χ1v) is 12.2. The summed E-state index contributed by atoms with van der Waals surface area (Å²) in [6.07, 6.45) is 8.08. The Morgan fingerprint density at radius 1 is 1.03 bits per heavy atom. The predicted octanol–water partition coefficient (Wildman–Crippen LogP) is 2.62. The zero-order chi connectivity index (χ0) is 24.9. The first kappa shape index (κ1) is 23.6. The number of nitrogens with zero attached hydrogens (tertiary/aromatic N) is 7. The molecule has 3 aromatic heterocycles. The van der Waals surface area contributed by atoms with Crippen LogP contribution in [0.2, 0.25) is 0 Å². The molecule has 1 aliphatic rings. The standard InChI is InChI=1S/C27H30N8O/c1-2-35-18-23(27(32-35)21-4-3-10-29-17-21)24-9-11-30-26(31-24)16-20-5-7-22(8-6-20)34-14-12-33(13-15-34)19-25(28)36/h3-11,17-18H,2,12-16,19H2,1H3,(H2,28,36). The van der Waals surface area contributed by atoms with Gasteiger partial charge in [-0.25, -0.2) is 9.97 Å². The highest BCUT2D eigenvalue weighted by atomic mass is 16.1. The molecule has 9 heteroatoms. The highest BCUT2D eigenvalue weighted by molar-refractivity contribution is 5.78. The molecular weight excluding hydrogens is 452 g/mol. The normalized spacial score (nSPS) is 14.2. The molecule has 1 aromatic carbocycles. The number of pyridine rings is 1. The van der Waals surface area contributed by atoms with Gasteiger partial charge in [-0.2, -0.15) is 5.10 Å². The number of hydrogen-bond donors (Lipinski definition) is 1. The number of carbonyl (C=O) groups excluding carboxylic acids is 1. The fourth-order valence-electron chi connectivity index (χ4n) is 4.51. The first-order valence-electron chi connectivity index (χ1n) is 12.2. The molecule has 1 saturated heterocycles. The average Bonchev–Trinajstić information content (AvgIpc) is 3.35. The van der Waals surface area contributed by atoms with Gasteiger partial charge < -0.3 is 10.6 Å². The summed E-state index contributed by atoms with van der Waals surface area (Å²) in [5.74, 6) is 0.494. The summed E-state index contributed by atoms with van der Waals surface area (Å²) in [5, 5.41) is 4.75. The van der Waals surface area contributed by atoms with Gasteiger partial charge in [0.05, 0.1) is 12.2 Å². The Bertz CT molecular complexity index is 1310. The summed E-state index contributed by atoms with van der Waals surface area (Å²) in [6, 6.07) is 14.4. The van der Waals surface area contributed by atoms with E-state index in [-0.39, 0.29) is 5.91 Å². The van der Waals surface area contributed by atoms with Crippen LogP contribution in [0.5, 0.6) is 0 Å². The summed E-state index contributed by atoms with van der Waals surface area (Å²) in [6.45, 7) is 6.60. The molecule has 2 N–H and O–H groups in total. The summed E-state index contributed by atoms with van der Waals surface area (Å²) < 4.78 is 1.92. The second kappa shape index (κ2) is 10.7. The van der Waals surface area contributed by atoms with E-state index in [1.54, 1.807) is 6.20 Å². The van der Waals surface area contributed by atoms with Crippen molar-refractivity contribution >= 4 is 11.6 Å². The minimum Gasteiger partial charge on any atom is -0.369 e. The van der Waals surface area contributed by atoms with Gasteiger partial charge in [0.15, 0.2) is 0 Å². The molecule has 0 bridgehead atoms. The van der Waals surface area contributed by atoms with Crippen LogP contribution in [0.25, 0.3) is 22.5 Å². The summed E-state index contributed by atoms with van der Waals surface area (Å²) in [4.78, 5) is 29.3. The molecule has 0 spiro atoms. The van der Waals surface area contributed by atoms with E-state index in [9.17, 15) is 4.79 Å². The van der Waals surface area contributed by atoms with Crippen LogP contribution >= 0.6 is 0 Å². The first-order chi connectivity index (χ1) is 17.6. The number of nitrogens with two attached hydrogens (primary N) is 1. The van der Waals surface area contributed by atoms with Crippen LogP contribution in [0, 0.1) is 0 Å². The summed E-state index contributed by atoms with van der Waals surface area (Å²) in [5.41, 5.74) is 11.3. The minimum absolute atomic E-state index is 0.272. The Hall–Kier alpha value is -4.11. The van der Waals surface area contributed by atoms with Crippen LogP contribution in [0.4, 0.5) is 5.69 Å². The maximum Gasteiger partial charge on any atom is 0.231 e. The number of aromatic nitrogens is 5. The lowest BCUT2D eigenvalue weighted by atomic mass is 10.1. The van der Waals surface area contributed by atoms with Gasteiger partial charge in [-0.15, -0.1) is 0 Å². The maximum absolute atomic E-state index is 11.2. The SMILES string of the molecule is CCn1cc(-c2ccnc(Cc3ccc(N4CCN(CC(N)=O)CC4)cc3)n2)c(-c2cccnc2)n1. The van der Waals surface area contributed by atoms with Gasteiger partial charge in [0.25, 0.3) is 0 Å². The fourth-order valence-corrected chi connectivity index (χ4v) is 4.51. The summed E-state index contributed by atoms with van der Waals surface area (Å²) in [7, 11) is 0. The molecule has 0 radical (unpaired) electrons. The molecule has 0 saturated carbocycles. The van der Waals surface area contributed by atoms with Crippen LogP contribution in [0.15, 0.2) is 67.3 Å². The van der Waals surface area contributed by atoms with Crippen LogP contribution in [-0.4, -0.2) is 68.3 Å². The number of amides is 1. The third-order valence-electron chi connectivity index (χ3n) is 6.42. The van der Waals surface area contributed by atoms with E-state index in [4.69, 9.17) is 15.8 Å². The van der Waals surface area contributed by atoms with Crippen LogP contribution in [-0.2, 0) is 17.8 Å². The third kappa shape index (κ3) is 5.41. The monoisotopic (exact) mass is 482 g/mol. The molecule has 4 aromatic rings. The average molecular weight is 483 g/mol. The Balaban J connectivity index is 1.30. The lowest BCUT2D eigenvalue weighted by Gasteiger charge is -2.35. The molecule has 0 aliphatic carbocycles. The van der Waals surface area contributed by atoms with Crippen molar-refractivity contribution in [3.63, 3.8) is 0 Å². The van der Waals surface area contributed by atoms with Gasteiger partial charge >= 0.3 is 0 Å². The fraction of sp³-hybridized carbons (Fsp3) is 0.296. The highest BCUT2D eigenvalue weighted by Gasteiger charge is 2.19. The topological polar surface area (TPSA) is 106 Å². The Morgan fingerprint density at radius 2 is 1.83 bits per heavy atom. The lowest BCUT2D eigenvalue weighted by Crippen LogP contribution is -2.48. The number of rotatable bonds is 8. The van der Waals surface area contributed by atoms with E-state index in [0.717, 1.165) is 66.6 Å². The van der Waals surface area contributed by atoms with Crippen LogP contribution < -0.4 is 10.6 Å². The molecule has 184 valence electrons. The molecule has 1 aliphatic heterocycles. The molecule has 1 fully saturated rings. The molecule has 1 amide bonds. The van der Waals surface area contributed by atoms with Crippen molar-refractivity contribution < 1.29 is 4.79 Å². The van der Waals surface area contributed by atoms with E-state index in [0.29, 0.717) is 13.0 Å². The van der Waals surface area contributed by atoms with Crippen molar-refractivity contribution in [3.8, 4) is 22.5 Å². The number of benzene rings is 1. The zero-order valence-electron chi connectivity index (χ0n) is 20.4. The van der Waals surface area contributed by atoms with Crippen molar-refractivity contribution in [2.24, 2.45) is 5.73 Å². The number of carbonyl (C=O) groups is 1. The van der Waals surface area contributed by atoms with Crippen molar-refractivity contribution in [2.75, 3.05) is 37.6 Å². The van der Waals surface area contributed by atoms with Gasteiger partial charge in [0.1, 0.15) is 11.5 Å². The largest absolute Gasteiger partial charge is 0.369 e. The lowest BCUT2D eigenvalue weighted by molar-refractivity contribution is -0.119. The van der Waals surface area contributed by atoms with E-state index < -0.39 is 0 Å². The van der Waals surface area contributed by atoms with Gasteiger partial charge in [-0.3, -0.25) is 19.4 Å². The zero-order valence-corrected chi connectivity index (χ0v) is 20.4. The minimum atomic E-state index is -0.272. The second-order valence-electron chi connectivity index (χ2n) is 8.92. The smallest absolute Gasteiger partial charge is 0.231 e. The van der Waals surface area contributed by atoms with E-state index in [2.05, 4.69) is 51.0 Å². The molecule has 36 heavy (non-hydrogen) atoms. The van der Waals surface area contributed by atoms with E-state index in [1.165, 1.54) is 5.69 Å². The number of anilines is 1. The summed E-state index contributed by atoms with van der Waals surface area (Å²) >= 11 is 0. The Kier molecular flexibility index (Phi) is 6.99. The van der Waals surface area contributed by atoms with Crippen molar-refractivity contribution in [3.05, 3.63) is 78.6 Å². The molecule has 0 atom stereocenters. The molecular formula is C27H30N8O. The number of aryl methyl sites for hydroxylation is 1. The highest BCUT2D eigenvalue weighted by Crippen LogP contribution is 2.29. The van der Waals surface area contributed by atoms with Gasteiger partial charge in [0.2, 0.25) is 5.91 Å². The Morgan fingerprint density at radius 3 is 2.53 bits per heavy atom. The van der Waals surface area contributed by atoms with Gasteiger partial charge in [0, 0.05) is 80.7 Å². The van der Waals surface area contributed by atoms with E-state index in [1.807, 2.05) is 41.5 Å². The van der Waals surface area contributed by atoms with Crippen LogP contribution in [0.1, 0.15) is 18.3 Å². The second-order valence-corrected chi connectivity index (χ2v) is 8.92.